The van der Waals surface area contributed by atoms with Crippen molar-refractivity contribution in [3.63, 3.8) is 0 Å². The minimum atomic E-state index is -1.12. The van der Waals surface area contributed by atoms with Gasteiger partial charge in [-0.25, -0.2) is 0 Å². The zero-order chi connectivity index (χ0) is 56.7. The molecule has 17 rings (SSSR count). The van der Waals surface area contributed by atoms with Gasteiger partial charge >= 0.3 is 0 Å². The molecule has 0 radical (unpaired) electrons. The zero-order valence-corrected chi connectivity index (χ0v) is 46.2. The number of imide groups is 2. The number of hydrogen-bond acceptors (Lipinski definition) is 8. The molecule has 10 nitrogen and oxygen atoms in total. The lowest BCUT2D eigenvalue weighted by Gasteiger charge is -2.53. The van der Waals surface area contributed by atoms with Gasteiger partial charge in [-0.2, -0.15) is 0 Å². The Morgan fingerprint density at radius 2 is 0.753 bits per heavy atom. The highest BCUT2D eigenvalue weighted by Crippen LogP contribution is 2.63. The smallest absolute Gasteiger partial charge is 0.261 e. The fourth-order valence-electron chi connectivity index (χ4n) is 14.4. The van der Waals surface area contributed by atoms with Crippen molar-refractivity contribution in [3.8, 4) is 11.5 Å². The van der Waals surface area contributed by atoms with Gasteiger partial charge in [-0.15, -0.1) is 0 Å². The lowest BCUT2D eigenvalue weighted by molar-refractivity contribution is 0.0561. The average molecular weight is 1120 g/mol. The van der Waals surface area contributed by atoms with Crippen molar-refractivity contribution in [1.82, 2.24) is 14.4 Å². The van der Waals surface area contributed by atoms with Crippen LogP contribution in [0, 0.1) is 0 Å². The largest absolute Gasteiger partial charge is 0.457 e. The standard InChI is InChI=1S/C74H47N5O5S/c80-69-51-40-38-46(73(79-63-32-14-18-36-67(63)85-68-37-19-15-33-64(68)79)55-24-6-12-30-61(55)77(48-20-2-1-3-21-48)62-31-13-7-25-56(62)73)44-53(51)71(82)75(69)42-43-76-70(81)52-41-39-47(45-54(52)72(76)83)74(57-26-8-16-34-65(57)84-66-35-17-9-27-58(66)74)78-59-28-10-4-22-49(59)50-23-5-11-29-60(50)78/h1-41,44-45H,42-43H2. The van der Waals surface area contributed by atoms with Crippen molar-refractivity contribution in [3.05, 3.63) is 316 Å². The van der Waals surface area contributed by atoms with Crippen LogP contribution >= 0.6 is 11.8 Å². The minimum absolute atomic E-state index is 0.212. The number of benzene rings is 11. The second-order valence-corrected chi connectivity index (χ2v) is 23.1. The van der Waals surface area contributed by atoms with E-state index in [-0.39, 0.29) is 35.3 Å². The third-order valence-electron chi connectivity index (χ3n) is 17.9. The molecule has 404 valence electrons. The molecule has 0 saturated carbocycles. The minimum Gasteiger partial charge on any atom is -0.457 e. The molecule has 12 aromatic rings. The molecule has 0 fully saturated rings. The fourth-order valence-corrected chi connectivity index (χ4v) is 15.5. The molecule has 0 unspecified atom stereocenters. The monoisotopic (exact) mass is 1120 g/mol. The predicted molar refractivity (Wildman–Crippen MR) is 331 cm³/mol. The summed E-state index contributed by atoms with van der Waals surface area (Å²) in [5.74, 6) is -0.660. The highest BCUT2D eigenvalue weighted by molar-refractivity contribution is 7.99. The number of anilines is 5. The molecule has 0 aliphatic carbocycles. The number of hydrogen-bond donors (Lipinski definition) is 0. The van der Waals surface area contributed by atoms with Gasteiger partial charge in [0.15, 0.2) is 0 Å². The summed E-state index contributed by atoms with van der Waals surface area (Å²) in [6.45, 7) is -0.424. The van der Waals surface area contributed by atoms with Crippen molar-refractivity contribution >= 4 is 85.6 Å². The maximum absolute atomic E-state index is 15.3. The zero-order valence-electron chi connectivity index (χ0n) is 45.4. The first-order chi connectivity index (χ1) is 41.8. The second-order valence-electron chi connectivity index (χ2n) is 22.0. The van der Waals surface area contributed by atoms with Crippen LogP contribution in [0.4, 0.5) is 28.4 Å². The summed E-state index contributed by atoms with van der Waals surface area (Å²) >= 11 is 1.72. The molecule has 0 atom stereocenters. The molecule has 0 bridgehead atoms. The number of amides is 4. The summed E-state index contributed by atoms with van der Waals surface area (Å²) in [5.41, 5.74) is 10.8. The quantitative estimate of drug-likeness (QED) is 0.139. The van der Waals surface area contributed by atoms with Crippen molar-refractivity contribution in [2.75, 3.05) is 22.9 Å². The van der Waals surface area contributed by atoms with Gasteiger partial charge in [-0.1, -0.05) is 176 Å². The Hall–Kier alpha value is -10.8. The van der Waals surface area contributed by atoms with Crippen LogP contribution in [0.2, 0.25) is 0 Å². The first-order valence-corrected chi connectivity index (χ1v) is 29.2. The molecule has 0 N–H and O–H groups in total. The molecule has 11 aromatic carbocycles. The van der Waals surface area contributed by atoms with E-state index in [0.717, 1.165) is 93.4 Å². The molecule has 85 heavy (non-hydrogen) atoms. The molecular weight excluding hydrogens is 1070 g/mol. The van der Waals surface area contributed by atoms with Crippen LogP contribution in [-0.4, -0.2) is 51.1 Å². The number of nitrogens with zero attached hydrogens (tertiary/aromatic N) is 5. The SMILES string of the molecule is O=C1c2ccc(C3(N4c5ccccc5Sc5ccccc54)c4ccccc4N(c4ccccc4)c4ccccc43)cc2C(=O)N1CCN1C(=O)c2ccc(C3(n4c5ccccc5c5ccccc54)c4ccccc4Oc4ccccc43)cc2C1=O. The molecule has 5 aliphatic heterocycles. The van der Waals surface area contributed by atoms with Crippen LogP contribution in [0.5, 0.6) is 11.5 Å². The fraction of sp³-hybridized carbons (Fsp3) is 0.0541. The molecule has 0 spiro atoms. The number of para-hydroxylation sites is 9. The van der Waals surface area contributed by atoms with E-state index in [1.54, 1.807) is 23.9 Å². The average Bonchev–Trinajstić information content (AvgIpc) is 1.65. The van der Waals surface area contributed by atoms with Gasteiger partial charge in [-0.3, -0.25) is 29.0 Å². The van der Waals surface area contributed by atoms with Gasteiger partial charge in [0.25, 0.3) is 23.6 Å². The van der Waals surface area contributed by atoms with E-state index in [9.17, 15) is 9.59 Å². The summed E-state index contributed by atoms with van der Waals surface area (Å²) in [7, 11) is 0. The molecule has 0 saturated heterocycles. The number of fused-ring (bicyclic) bond motifs is 11. The Kier molecular flexibility index (Phi) is 10.6. The molecule has 6 heterocycles. The topological polar surface area (TPSA) is 95.4 Å². The Balaban J connectivity index is 0.764. The maximum Gasteiger partial charge on any atom is 0.261 e. The number of ether oxygens (including phenoxy) is 1. The first kappa shape index (κ1) is 48.9. The van der Waals surface area contributed by atoms with Gasteiger partial charge in [0, 0.05) is 61.6 Å². The summed E-state index contributed by atoms with van der Waals surface area (Å²) in [6, 6.07) is 88.0. The third kappa shape index (κ3) is 6.66. The molecule has 5 aliphatic rings. The number of carbonyl (C=O) groups excluding carboxylic acids is 4. The lowest BCUT2D eigenvalue weighted by Crippen LogP contribution is -2.50. The normalized spacial score (nSPS) is 15.6. The summed E-state index contributed by atoms with van der Waals surface area (Å²) < 4.78 is 9.03. The van der Waals surface area contributed by atoms with Gasteiger partial charge in [0.2, 0.25) is 0 Å². The van der Waals surface area contributed by atoms with Crippen molar-refractivity contribution in [2.45, 2.75) is 20.9 Å². The van der Waals surface area contributed by atoms with Gasteiger partial charge in [0.1, 0.15) is 22.6 Å². The summed E-state index contributed by atoms with van der Waals surface area (Å²) in [6.07, 6.45) is 0. The van der Waals surface area contributed by atoms with Crippen molar-refractivity contribution in [2.24, 2.45) is 0 Å². The van der Waals surface area contributed by atoms with E-state index in [0.29, 0.717) is 11.5 Å². The van der Waals surface area contributed by atoms with E-state index in [4.69, 9.17) is 4.74 Å². The summed E-state index contributed by atoms with van der Waals surface area (Å²) in [5, 5.41) is 2.14. The van der Waals surface area contributed by atoms with Crippen LogP contribution in [0.25, 0.3) is 21.8 Å². The van der Waals surface area contributed by atoms with E-state index >= 15 is 9.59 Å². The van der Waals surface area contributed by atoms with Crippen LogP contribution in [-0.2, 0) is 11.1 Å². The van der Waals surface area contributed by atoms with E-state index in [1.807, 2.05) is 103 Å². The molecule has 4 amide bonds. The molecule has 11 heteroatoms. The lowest BCUT2D eigenvalue weighted by atomic mass is 9.70. The van der Waals surface area contributed by atoms with Crippen molar-refractivity contribution in [1.29, 1.82) is 0 Å². The van der Waals surface area contributed by atoms with Gasteiger partial charge in [-0.05, 0) is 108 Å². The maximum atomic E-state index is 15.3. The molecule has 1 aromatic heterocycles. The predicted octanol–water partition coefficient (Wildman–Crippen LogP) is 16.0. The number of aromatic nitrogens is 1. The Labute approximate surface area is 493 Å². The Morgan fingerprint density at radius 1 is 0.353 bits per heavy atom. The summed E-state index contributed by atoms with van der Waals surface area (Å²) in [4.78, 5) is 69.2. The third-order valence-corrected chi connectivity index (χ3v) is 19.0. The van der Waals surface area contributed by atoms with E-state index in [2.05, 4.69) is 160 Å². The van der Waals surface area contributed by atoms with Crippen LogP contribution in [0.15, 0.2) is 271 Å². The second kappa shape index (κ2) is 18.4. The Bertz CT molecular complexity index is 4710. The van der Waals surface area contributed by atoms with Crippen LogP contribution in [0.1, 0.15) is 74.8 Å². The number of rotatable bonds is 8. The van der Waals surface area contributed by atoms with E-state index < -0.39 is 34.7 Å². The van der Waals surface area contributed by atoms with Crippen molar-refractivity contribution < 1.29 is 23.9 Å². The first-order valence-electron chi connectivity index (χ1n) is 28.4. The van der Waals surface area contributed by atoms with Crippen LogP contribution < -0.4 is 14.5 Å². The highest BCUT2D eigenvalue weighted by atomic mass is 32.2. The Morgan fingerprint density at radius 3 is 1.27 bits per heavy atom. The molecular formula is C74H47N5O5S. The van der Waals surface area contributed by atoms with Crippen LogP contribution in [0.3, 0.4) is 0 Å². The number of carbonyl (C=O) groups is 4. The van der Waals surface area contributed by atoms with E-state index in [1.165, 1.54) is 9.80 Å². The van der Waals surface area contributed by atoms with Gasteiger partial charge < -0.3 is 19.1 Å². The van der Waals surface area contributed by atoms with Gasteiger partial charge in [0.05, 0.1) is 56.0 Å². The highest BCUT2D eigenvalue weighted by Gasteiger charge is 2.54.